The third-order valence-corrected chi connectivity index (χ3v) is 3.13. The molecule has 7 heteroatoms. The topological polar surface area (TPSA) is 78.7 Å². The van der Waals surface area contributed by atoms with Gasteiger partial charge in [-0.15, -0.1) is 0 Å². The van der Waals surface area contributed by atoms with Gasteiger partial charge in [0.15, 0.2) is 23.5 Å². The summed E-state index contributed by atoms with van der Waals surface area (Å²) in [6, 6.07) is 2.08. The maximum absolute atomic E-state index is 13.8. The molecule has 1 aromatic rings. The maximum atomic E-state index is 13.8. The first-order valence-corrected chi connectivity index (χ1v) is 6.19. The van der Waals surface area contributed by atoms with E-state index in [2.05, 4.69) is 0 Å². The van der Waals surface area contributed by atoms with E-state index in [0.717, 1.165) is 6.07 Å². The molecule has 1 fully saturated rings. The molecule has 0 heterocycles. The lowest BCUT2D eigenvalue weighted by molar-refractivity contribution is -0.385. The fourth-order valence-corrected chi connectivity index (χ4v) is 2.05. The van der Waals surface area contributed by atoms with Crippen LogP contribution in [-0.4, -0.2) is 29.5 Å². The van der Waals surface area contributed by atoms with Gasteiger partial charge in [-0.05, 0) is 19.9 Å². The third kappa shape index (κ3) is 2.62. The molecule has 0 radical (unpaired) electrons. The van der Waals surface area contributed by atoms with Crippen molar-refractivity contribution in [1.82, 2.24) is 0 Å². The average molecular weight is 283 g/mol. The second kappa shape index (κ2) is 5.54. The number of carbonyl (C=O) groups excluding carboxylic acids is 1. The Morgan fingerprint density at radius 2 is 2.20 bits per heavy atom. The first kappa shape index (κ1) is 14.4. The summed E-state index contributed by atoms with van der Waals surface area (Å²) < 4.78 is 24.4. The molecule has 108 valence electrons. The molecule has 0 spiro atoms. The Morgan fingerprint density at radius 3 is 2.75 bits per heavy atom. The minimum Gasteiger partial charge on any atom is -0.484 e. The minimum absolute atomic E-state index is 0.0871. The van der Waals surface area contributed by atoms with Crippen molar-refractivity contribution in [2.45, 2.75) is 32.5 Å². The quantitative estimate of drug-likeness (QED) is 0.611. The van der Waals surface area contributed by atoms with Crippen LogP contribution >= 0.6 is 0 Å². The molecule has 2 rings (SSSR count). The molecule has 1 saturated carbocycles. The van der Waals surface area contributed by atoms with Crippen molar-refractivity contribution in [2.24, 2.45) is 0 Å². The van der Waals surface area contributed by atoms with E-state index in [1.807, 2.05) is 0 Å². The van der Waals surface area contributed by atoms with E-state index in [9.17, 15) is 19.3 Å². The highest BCUT2D eigenvalue weighted by Crippen LogP contribution is 2.31. The van der Waals surface area contributed by atoms with Gasteiger partial charge in [0.2, 0.25) is 0 Å². The number of nitro groups is 1. The Labute approximate surface area is 114 Å². The van der Waals surface area contributed by atoms with Crippen molar-refractivity contribution in [2.75, 3.05) is 6.61 Å². The molecule has 0 bridgehead atoms. The molecule has 1 aliphatic rings. The normalized spacial score (nSPS) is 21.4. The zero-order valence-corrected chi connectivity index (χ0v) is 11.1. The van der Waals surface area contributed by atoms with E-state index in [1.54, 1.807) is 6.92 Å². The zero-order valence-electron chi connectivity index (χ0n) is 11.1. The van der Waals surface area contributed by atoms with Crippen molar-refractivity contribution >= 4 is 11.5 Å². The summed E-state index contributed by atoms with van der Waals surface area (Å²) >= 11 is 0. The molecule has 6 nitrogen and oxygen atoms in total. The van der Waals surface area contributed by atoms with Gasteiger partial charge in [0.1, 0.15) is 6.10 Å². The Balaban J connectivity index is 2.16. The monoisotopic (exact) mass is 283 g/mol. The molecule has 1 aliphatic carbocycles. The number of aryl methyl sites for hydroxylation is 1. The van der Waals surface area contributed by atoms with Crippen LogP contribution in [0, 0.1) is 22.9 Å². The molecule has 0 N–H and O–H groups in total. The highest BCUT2D eigenvalue weighted by Gasteiger charge is 2.43. The predicted molar refractivity (Wildman–Crippen MR) is 67.2 cm³/mol. The SMILES string of the molecule is CCOC1C(=O)CC1Oc1cc(C)c([N+](=O)[O-])cc1F. The molecule has 0 saturated heterocycles. The number of ether oxygens (including phenoxy) is 2. The molecular formula is C13H14FNO5. The summed E-state index contributed by atoms with van der Waals surface area (Å²) in [4.78, 5) is 21.4. The second-order valence-corrected chi connectivity index (χ2v) is 4.53. The number of hydrogen-bond acceptors (Lipinski definition) is 5. The number of carbonyl (C=O) groups is 1. The number of halogens is 1. The van der Waals surface area contributed by atoms with Crippen LogP contribution in [0.2, 0.25) is 0 Å². The number of nitrogens with zero attached hydrogens (tertiary/aromatic N) is 1. The maximum Gasteiger partial charge on any atom is 0.275 e. The van der Waals surface area contributed by atoms with Gasteiger partial charge in [0.05, 0.1) is 11.0 Å². The lowest BCUT2D eigenvalue weighted by atomic mass is 9.90. The van der Waals surface area contributed by atoms with Crippen molar-refractivity contribution in [3.63, 3.8) is 0 Å². The first-order chi connectivity index (χ1) is 9.43. The van der Waals surface area contributed by atoms with Crippen molar-refractivity contribution in [3.8, 4) is 5.75 Å². The average Bonchev–Trinajstić information content (AvgIpc) is 2.38. The number of benzene rings is 1. The Hall–Kier alpha value is -2.02. The fraction of sp³-hybridized carbons (Fsp3) is 0.462. The summed E-state index contributed by atoms with van der Waals surface area (Å²) in [5.41, 5.74) is -0.00842. The van der Waals surface area contributed by atoms with Crippen molar-refractivity contribution in [3.05, 3.63) is 33.6 Å². The second-order valence-electron chi connectivity index (χ2n) is 4.53. The Bertz CT molecular complexity index is 560. The van der Waals surface area contributed by atoms with E-state index in [4.69, 9.17) is 9.47 Å². The molecule has 20 heavy (non-hydrogen) atoms. The van der Waals surface area contributed by atoms with Gasteiger partial charge in [0, 0.05) is 18.6 Å². The number of hydrogen-bond donors (Lipinski definition) is 0. The molecule has 0 aromatic heterocycles. The van der Waals surface area contributed by atoms with Crippen LogP contribution < -0.4 is 4.74 Å². The van der Waals surface area contributed by atoms with Crippen LogP contribution in [-0.2, 0) is 9.53 Å². The van der Waals surface area contributed by atoms with Gasteiger partial charge in [-0.25, -0.2) is 4.39 Å². The van der Waals surface area contributed by atoms with E-state index in [-0.39, 0.29) is 23.6 Å². The van der Waals surface area contributed by atoms with E-state index < -0.39 is 22.9 Å². The van der Waals surface area contributed by atoms with Crippen molar-refractivity contribution in [1.29, 1.82) is 0 Å². The molecule has 0 aliphatic heterocycles. The number of Topliss-reactive ketones (excluding diaryl/α,β-unsaturated/α-hetero) is 1. The van der Waals surface area contributed by atoms with Crippen LogP contribution in [0.25, 0.3) is 0 Å². The molecule has 2 unspecified atom stereocenters. The Kier molecular flexibility index (Phi) is 3.99. The summed E-state index contributed by atoms with van der Waals surface area (Å²) in [5, 5.41) is 10.7. The highest BCUT2D eigenvalue weighted by molar-refractivity contribution is 5.90. The summed E-state index contributed by atoms with van der Waals surface area (Å²) in [5.74, 6) is -1.01. The van der Waals surface area contributed by atoms with Crippen LogP contribution in [0.4, 0.5) is 10.1 Å². The zero-order chi connectivity index (χ0) is 14.9. The van der Waals surface area contributed by atoms with Gasteiger partial charge >= 0.3 is 0 Å². The van der Waals surface area contributed by atoms with Crippen LogP contribution in [0.1, 0.15) is 18.9 Å². The van der Waals surface area contributed by atoms with Crippen LogP contribution in [0.15, 0.2) is 12.1 Å². The van der Waals surface area contributed by atoms with Gasteiger partial charge in [0.25, 0.3) is 5.69 Å². The predicted octanol–water partition coefficient (Wildman–Crippen LogP) is 2.17. The first-order valence-electron chi connectivity index (χ1n) is 6.19. The van der Waals surface area contributed by atoms with E-state index in [0.29, 0.717) is 12.2 Å². The number of nitro benzene ring substituents is 1. The summed E-state index contributed by atoms with van der Waals surface area (Å²) in [6.07, 6.45) is -1.08. The number of rotatable bonds is 5. The van der Waals surface area contributed by atoms with Crippen molar-refractivity contribution < 1.29 is 23.6 Å². The van der Waals surface area contributed by atoms with Crippen LogP contribution in [0.5, 0.6) is 5.75 Å². The van der Waals surface area contributed by atoms with Crippen LogP contribution in [0.3, 0.4) is 0 Å². The van der Waals surface area contributed by atoms with E-state index in [1.165, 1.54) is 13.0 Å². The Morgan fingerprint density at radius 1 is 1.50 bits per heavy atom. The summed E-state index contributed by atoms with van der Waals surface area (Å²) in [7, 11) is 0. The highest BCUT2D eigenvalue weighted by atomic mass is 19.1. The van der Waals surface area contributed by atoms with Gasteiger partial charge in [-0.2, -0.15) is 0 Å². The minimum atomic E-state index is -0.822. The van der Waals surface area contributed by atoms with E-state index >= 15 is 0 Å². The smallest absolute Gasteiger partial charge is 0.275 e. The third-order valence-electron chi connectivity index (χ3n) is 3.13. The number of ketones is 1. The fourth-order valence-electron chi connectivity index (χ4n) is 2.05. The molecule has 0 amide bonds. The van der Waals surface area contributed by atoms with Gasteiger partial charge in [-0.3, -0.25) is 14.9 Å². The largest absolute Gasteiger partial charge is 0.484 e. The summed E-state index contributed by atoms with van der Waals surface area (Å²) in [6.45, 7) is 3.60. The molecular weight excluding hydrogens is 269 g/mol. The lowest BCUT2D eigenvalue weighted by Gasteiger charge is -2.34. The lowest BCUT2D eigenvalue weighted by Crippen LogP contribution is -2.52. The molecule has 2 atom stereocenters. The standard InChI is InChI=1S/C13H14FNO5/c1-3-19-13-10(16)6-12(13)20-11-4-7(2)9(15(17)18)5-8(11)14/h4-5,12-13H,3,6H2,1-2H3. The van der Waals surface area contributed by atoms with Gasteiger partial charge in [-0.1, -0.05) is 0 Å². The molecule has 1 aromatic carbocycles. The van der Waals surface area contributed by atoms with Gasteiger partial charge < -0.3 is 9.47 Å².